The van der Waals surface area contributed by atoms with Crippen LogP contribution >= 0.6 is 0 Å². The summed E-state index contributed by atoms with van der Waals surface area (Å²) in [6.45, 7) is 6.16. The van der Waals surface area contributed by atoms with E-state index in [1.54, 1.807) is 0 Å². The van der Waals surface area contributed by atoms with Crippen LogP contribution in [0.15, 0.2) is 97.2 Å². The van der Waals surface area contributed by atoms with Gasteiger partial charge in [-0.15, -0.1) is 0 Å². The van der Waals surface area contributed by atoms with Crippen LogP contribution in [0.25, 0.3) is 0 Å². The van der Waals surface area contributed by atoms with E-state index in [2.05, 4.69) is 80.8 Å². The third-order valence-electron chi connectivity index (χ3n) is 9.85. The summed E-state index contributed by atoms with van der Waals surface area (Å²) < 4.78 is 5.88. The molecule has 0 aromatic carbocycles. The van der Waals surface area contributed by atoms with Crippen LogP contribution in [0.2, 0.25) is 0 Å². The van der Waals surface area contributed by atoms with Crippen LogP contribution < -0.4 is 5.32 Å². The highest BCUT2D eigenvalue weighted by molar-refractivity contribution is 5.77. The van der Waals surface area contributed by atoms with E-state index in [1.165, 1.54) is 44.9 Å². The first-order valence-electron chi connectivity index (χ1n) is 23.1. The van der Waals surface area contributed by atoms with E-state index in [0.29, 0.717) is 19.3 Å². The van der Waals surface area contributed by atoms with Crippen molar-refractivity contribution in [2.24, 2.45) is 0 Å². The Labute approximate surface area is 350 Å². The van der Waals surface area contributed by atoms with Gasteiger partial charge in [0.25, 0.3) is 0 Å². The van der Waals surface area contributed by atoms with E-state index in [4.69, 9.17) is 4.74 Å². The molecule has 0 aromatic heterocycles. The van der Waals surface area contributed by atoms with E-state index in [9.17, 15) is 19.8 Å². The molecule has 0 rings (SSSR count). The Morgan fingerprint density at radius 2 is 0.947 bits per heavy atom. The minimum atomic E-state index is -0.805. The van der Waals surface area contributed by atoms with Crippen LogP contribution in [-0.4, -0.2) is 46.9 Å². The van der Waals surface area contributed by atoms with Crippen LogP contribution in [0.4, 0.5) is 0 Å². The largest absolute Gasteiger partial charge is 0.462 e. The Balaban J connectivity index is 4.75. The van der Waals surface area contributed by atoms with Gasteiger partial charge in [0.05, 0.1) is 25.2 Å². The molecule has 0 fully saturated rings. The summed E-state index contributed by atoms with van der Waals surface area (Å²) in [5, 5.41) is 23.6. The van der Waals surface area contributed by atoms with Crippen LogP contribution in [0.1, 0.15) is 188 Å². The number of aliphatic hydroxyl groups is 2. The molecular weight excluding hydrogens is 707 g/mol. The summed E-state index contributed by atoms with van der Waals surface area (Å²) in [6.07, 6.45) is 57.5. The van der Waals surface area contributed by atoms with E-state index in [0.717, 1.165) is 96.3 Å². The first kappa shape index (κ1) is 53.8. The lowest BCUT2D eigenvalue weighted by atomic mass is 10.0. The van der Waals surface area contributed by atoms with Crippen LogP contribution in [0.5, 0.6) is 0 Å². The van der Waals surface area contributed by atoms with Gasteiger partial charge in [-0.3, -0.25) is 9.59 Å². The molecule has 0 saturated carbocycles. The first-order chi connectivity index (χ1) is 28.0. The monoisotopic (exact) mass is 792 g/mol. The molecular formula is C51H85NO5. The van der Waals surface area contributed by atoms with Crippen molar-refractivity contribution in [2.75, 3.05) is 6.61 Å². The zero-order valence-electron chi connectivity index (χ0n) is 36.7. The summed E-state index contributed by atoms with van der Waals surface area (Å²) in [4.78, 5) is 26.0. The molecule has 3 unspecified atom stereocenters. The van der Waals surface area contributed by atoms with Crippen molar-refractivity contribution < 1.29 is 24.5 Å². The smallest absolute Gasteiger partial charge is 0.306 e. The van der Waals surface area contributed by atoms with Crippen molar-refractivity contribution >= 4 is 11.9 Å². The Kier molecular flexibility index (Phi) is 41.4. The van der Waals surface area contributed by atoms with Gasteiger partial charge in [0.15, 0.2) is 0 Å². The second kappa shape index (κ2) is 43.9. The molecule has 3 atom stereocenters. The van der Waals surface area contributed by atoms with Gasteiger partial charge in [-0.05, 0) is 64.2 Å². The topological polar surface area (TPSA) is 95.9 Å². The number of nitrogens with one attached hydrogen (secondary N) is 1. The van der Waals surface area contributed by atoms with Gasteiger partial charge in [-0.2, -0.15) is 0 Å². The number of unbranched alkanes of at least 4 members (excludes halogenated alkanes) is 17. The first-order valence-corrected chi connectivity index (χ1v) is 23.1. The maximum absolute atomic E-state index is 13.1. The molecule has 0 radical (unpaired) electrons. The Hall–Kier alpha value is -3.22. The molecule has 6 nitrogen and oxygen atoms in total. The quantitative estimate of drug-likeness (QED) is 0.0327. The lowest BCUT2D eigenvalue weighted by molar-refractivity contribution is -0.151. The Bertz CT molecular complexity index is 1160. The van der Waals surface area contributed by atoms with Crippen molar-refractivity contribution in [2.45, 2.75) is 206 Å². The molecule has 6 heteroatoms. The number of amides is 1. The molecule has 1 amide bonds. The zero-order valence-corrected chi connectivity index (χ0v) is 36.7. The van der Waals surface area contributed by atoms with Crippen molar-refractivity contribution in [1.82, 2.24) is 5.32 Å². The van der Waals surface area contributed by atoms with Gasteiger partial charge in [0, 0.05) is 6.42 Å². The van der Waals surface area contributed by atoms with Gasteiger partial charge in [0.2, 0.25) is 5.91 Å². The zero-order chi connectivity index (χ0) is 41.7. The number of rotatable bonds is 39. The third kappa shape index (κ3) is 39.4. The highest BCUT2D eigenvalue weighted by atomic mass is 16.5. The van der Waals surface area contributed by atoms with E-state index in [1.807, 2.05) is 42.5 Å². The molecule has 0 aliphatic rings. The van der Waals surface area contributed by atoms with E-state index in [-0.39, 0.29) is 24.9 Å². The maximum Gasteiger partial charge on any atom is 0.306 e. The maximum atomic E-state index is 13.1. The molecule has 0 spiro atoms. The standard InChI is InChI=1S/C51H85NO5/c1-4-7-10-13-16-19-22-24-25-27-29-32-35-38-41-44-51(56)57-47(42-39-36-33-30-28-26-23-20-17-14-11-8-5-2)45-50(55)52-48(46-53)49(54)43-40-37-34-31-21-18-15-12-9-6-3/h7-8,10-11,13-14,16-17,19-20,22-25,27,29,47-49,53-54H,4-6,9,12,15,18,21,26,28,30-46H2,1-3H3,(H,52,55)/b10-7+,11-8+,16-13+,17-14+,22-19-,23-20+,25-24-,29-27+. The molecule has 0 heterocycles. The van der Waals surface area contributed by atoms with Gasteiger partial charge in [-0.25, -0.2) is 0 Å². The van der Waals surface area contributed by atoms with Crippen molar-refractivity contribution in [1.29, 1.82) is 0 Å². The van der Waals surface area contributed by atoms with Crippen molar-refractivity contribution in [3.8, 4) is 0 Å². The second-order valence-electron chi connectivity index (χ2n) is 15.2. The Morgan fingerprint density at radius 3 is 1.44 bits per heavy atom. The molecule has 3 N–H and O–H groups in total. The average Bonchev–Trinajstić information content (AvgIpc) is 3.20. The number of hydrogen-bond donors (Lipinski definition) is 3. The molecule has 0 aromatic rings. The predicted octanol–water partition coefficient (Wildman–Crippen LogP) is 13.4. The number of carbonyl (C=O) groups is 2. The van der Waals surface area contributed by atoms with Crippen molar-refractivity contribution in [3.05, 3.63) is 97.2 Å². The average molecular weight is 792 g/mol. The van der Waals surface area contributed by atoms with Crippen LogP contribution in [0, 0.1) is 0 Å². The molecule has 324 valence electrons. The molecule has 0 aliphatic heterocycles. The summed E-state index contributed by atoms with van der Waals surface area (Å²) in [5.41, 5.74) is 0. The minimum Gasteiger partial charge on any atom is -0.462 e. The molecule has 0 bridgehead atoms. The summed E-state index contributed by atoms with van der Waals surface area (Å²) >= 11 is 0. The van der Waals surface area contributed by atoms with Crippen LogP contribution in [-0.2, 0) is 14.3 Å². The highest BCUT2D eigenvalue weighted by Crippen LogP contribution is 2.17. The van der Waals surface area contributed by atoms with Gasteiger partial charge in [0.1, 0.15) is 6.10 Å². The summed E-state index contributed by atoms with van der Waals surface area (Å²) in [6, 6.07) is -0.721. The minimum absolute atomic E-state index is 0.0403. The van der Waals surface area contributed by atoms with Crippen LogP contribution in [0.3, 0.4) is 0 Å². The fraction of sp³-hybridized carbons (Fsp3) is 0.647. The number of allylic oxidation sites excluding steroid dienone is 16. The lowest BCUT2D eigenvalue weighted by Gasteiger charge is -2.24. The lowest BCUT2D eigenvalue weighted by Crippen LogP contribution is -2.46. The van der Waals surface area contributed by atoms with Gasteiger partial charge >= 0.3 is 5.97 Å². The predicted molar refractivity (Wildman–Crippen MR) is 245 cm³/mol. The van der Waals surface area contributed by atoms with E-state index < -0.39 is 18.2 Å². The number of carbonyl (C=O) groups excluding carboxylic acids is 2. The SMILES string of the molecule is CC/C=C/C=C/C=C\C=C/C=C/CCCCCC(=O)OC(CCCCCCC/C=C/C=C/C=C/CC)CC(=O)NC(CO)C(O)CCCCCCCCCCCC. The number of ether oxygens (including phenoxy) is 1. The number of aliphatic hydroxyl groups excluding tert-OH is 2. The Morgan fingerprint density at radius 1 is 0.526 bits per heavy atom. The number of hydrogen-bond acceptors (Lipinski definition) is 5. The summed E-state index contributed by atoms with van der Waals surface area (Å²) in [7, 11) is 0. The van der Waals surface area contributed by atoms with Gasteiger partial charge < -0.3 is 20.3 Å². The molecule has 0 saturated heterocycles. The third-order valence-corrected chi connectivity index (χ3v) is 9.85. The normalized spacial score (nSPS) is 14.3. The van der Waals surface area contributed by atoms with E-state index >= 15 is 0 Å². The summed E-state index contributed by atoms with van der Waals surface area (Å²) in [5.74, 6) is -0.556. The second-order valence-corrected chi connectivity index (χ2v) is 15.2. The van der Waals surface area contributed by atoms with Crippen molar-refractivity contribution in [3.63, 3.8) is 0 Å². The highest BCUT2D eigenvalue weighted by Gasteiger charge is 2.24. The number of esters is 1. The molecule has 57 heavy (non-hydrogen) atoms. The molecule has 0 aliphatic carbocycles. The van der Waals surface area contributed by atoms with Gasteiger partial charge in [-0.1, -0.05) is 208 Å². The fourth-order valence-electron chi connectivity index (χ4n) is 6.39. The fourth-order valence-corrected chi connectivity index (χ4v) is 6.39.